The Morgan fingerprint density at radius 1 is 1.15 bits per heavy atom. The minimum absolute atomic E-state index is 0.196. The van der Waals surface area contributed by atoms with Crippen LogP contribution in [0.2, 0.25) is 0 Å². The van der Waals surface area contributed by atoms with E-state index in [1.54, 1.807) is 12.1 Å². The molecule has 0 aliphatic rings. The summed E-state index contributed by atoms with van der Waals surface area (Å²) >= 11 is 0. The highest BCUT2D eigenvalue weighted by Gasteiger charge is 2.05. The van der Waals surface area contributed by atoms with Gasteiger partial charge in [0.15, 0.2) is 0 Å². The Hall–Kier alpha value is -1.87. The van der Waals surface area contributed by atoms with Gasteiger partial charge in [0.05, 0.1) is 6.61 Å². The third kappa shape index (κ3) is 4.07. The van der Waals surface area contributed by atoms with Gasteiger partial charge in [-0.1, -0.05) is 24.3 Å². The molecule has 2 nitrogen and oxygen atoms in total. The molecule has 1 N–H and O–H groups in total. The van der Waals surface area contributed by atoms with E-state index in [0.717, 1.165) is 11.3 Å². The summed E-state index contributed by atoms with van der Waals surface area (Å²) in [5.41, 5.74) is 2.13. The Kier molecular flexibility index (Phi) is 5.13. The molecule has 0 aliphatic carbocycles. The van der Waals surface area contributed by atoms with E-state index in [2.05, 4.69) is 12.2 Å². The fraction of sp³-hybridized carbons (Fsp3) is 0.294. The second-order valence-corrected chi connectivity index (χ2v) is 4.73. The Labute approximate surface area is 119 Å². The molecular formula is C17H20FNO. The van der Waals surface area contributed by atoms with E-state index >= 15 is 0 Å². The van der Waals surface area contributed by atoms with Crippen molar-refractivity contribution in [1.82, 2.24) is 5.32 Å². The Balaban J connectivity index is 1.92. The molecule has 0 saturated heterocycles. The van der Waals surface area contributed by atoms with Crippen LogP contribution in [0.15, 0.2) is 48.5 Å². The van der Waals surface area contributed by atoms with Crippen LogP contribution in [0.4, 0.5) is 4.39 Å². The highest BCUT2D eigenvalue weighted by Crippen LogP contribution is 2.18. The van der Waals surface area contributed by atoms with Crippen LogP contribution in [0.1, 0.15) is 31.0 Å². The molecule has 0 amide bonds. The standard InChI is InChI=1S/C17H20FNO/c1-3-20-17-9-7-15(8-10-17)13(2)19-12-14-5-4-6-16(18)11-14/h4-11,13,19H,3,12H2,1-2H3. The number of hydrogen-bond donors (Lipinski definition) is 1. The van der Waals surface area contributed by atoms with Crippen LogP contribution >= 0.6 is 0 Å². The Morgan fingerprint density at radius 3 is 2.55 bits per heavy atom. The summed E-state index contributed by atoms with van der Waals surface area (Å²) in [5, 5.41) is 3.39. The van der Waals surface area contributed by atoms with Gasteiger partial charge in [0.25, 0.3) is 0 Å². The zero-order valence-corrected chi connectivity index (χ0v) is 11.9. The summed E-state index contributed by atoms with van der Waals surface area (Å²) in [7, 11) is 0. The molecule has 1 unspecified atom stereocenters. The smallest absolute Gasteiger partial charge is 0.123 e. The van der Waals surface area contributed by atoms with E-state index in [0.29, 0.717) is 13.2 Å². The van der Waals surface area contributed by atoms with Crippen LogP contribution in [0, 0.1) is 5.82 Å². The average Bonchev–Trinajstić information content (AvgIpc) is 2.46. The van der Waals surface area contributed by atoms with Crippen LogP contribution in [0.5, 0.6) is 5.75 Å². The van der Waals surface area contributed by atoms with Crippen LogP contribution in [-0.4, -0.2) is 6.61 Å². The lowest BCUT2D eigenvalue weighted by atomic mass is 10.1. The van der Waals surface area contributed by atoms with Gasteiger partial charge in [0.2, 0.25) is 0 Å². The third-order valence-corrected chi connectivity index (χ3v) is 3.19. The lowest BCUT2D eigenvalue weighted by Gasteiger charge is -2.15. The van der Waals surface area contributed by atoms with Gasteiger partial charge in [-0.15, -0.1) is 0 Å². The molecule has 2 aromatic rings. The van der Waals surface area contributed by atoms with E-state index in [-0.39, 0.29) is 11.9 Å². The predicted octanol–water partition coefficient (Wildman–Crippen LogP) is 4.08. The Bertz CT molecular complexity index is 539. The number of nitrogens with one attached hydrogen (secondary N) is 1. The van der Waals surface area contributed by atoms with Crippen molar-refractivity contribution in [3.63, 3.8) is 0 Å². The van der Waals surface area contributed by atoms with Gasteiger partial charge in [-0.2, -0.15) is 0 Å². The van der Waals surface area contributed by atoms with Gasteiger partial charge in [0, 0.05) is 12.6 Å². The van der Waals surface area contributed by atoms with E-state index in [1.165, 1.54) is 11.6 Å². The molecule has 2 rings (SSSR count). The van der Waals surface area contributed by atoms with E-state index in [9.17, 15) is 4.39 Å². The zero-order valence-electron chi connectivity index (χ0n) is 11.9. The van der Waals surface area contributed by atoms with Gasteiger partial charge >= 0.3 is 0 Å². The van der Waals surface area contributed by atoms with E-state index < -0.39 is 0 Å². The van der Waals surface area contributed by atoms with Crippen molar-refractivity contribution in [2.75, 3.05) is 6.61 Å². The fourth-order valence-electron chi connectivity index (χ4n) is 2.06. The SMILES string of the molecule is CCOc1ccc(C(C)NCc2cccc(F)c2)cc1. The van der Waals surface area contributed by atoms with Gasteiger partial charge in [-0.3, -0.25) is 0 Å². The Morgan fingerprint density at radius 2 is 1.90 bits per heavy atom. The number of rotatable bonds is 6. The van der Waals surface area contributed by atoms with Crippen molar-refractivity contribution in [1.29, 1.82) is 0 Å². The monoisotopic (exact) mass is 273 g/mol. The molecule has 0 aliphatic heterocycles. The summed E-state index contributed by atoms with van der Waals surface area (Å²) in [5.74, 6) is 0.687. The first-order valence-corrected chi connectivity index (χ1v) is 6.89. The summed E-state index contributed by atoms with van der Waals surface area (Å²) in [6.45, 7) is 5.38. The number of halogens is 1. The van der Waals surface area contributed by atoms with Gasteiger partial charge < -0.3 is 10.1 Å². The first kappa shape index (κ1) is 14.5. The number of hydrogen-bond acceptors (Lipinski definition) is 2. The molecule has 1 atom stereocenters. The van der Waals surface area contributed by atoms with E-state index in [4.69, 9.17) is 4.74 Å². The average molecular weight is 273 g/mol. The molecule has 20 heavy (non-hydrogen) atoms. The topological polar surface area (TPSA) is 21.3 Å². The van der Waals surface area contributed by atoms with Gasteiger partial charge in [-0.25, -0.2) is 4.39 Å². The van der Waals surface area contributed by atoms with Crippen molar-refractivity contribution in [3.05, 3.63) is 65.5 Å². The molecule has 0 aromatic heterocycles. The normalized spacial score (nSPS) is 12.2. The maximum absolute atomic E-state index is 13.1. The molecular weight excluding hydrogens is 253 g/mol. The molecule has 2 aromatic carbocycles. The second kappa shape index (κ2) is 7.06. The minimum atomic E-state index is -0.196. The van der Waals surface area contributed by atoms with Crippen LogP contribution in [-0.2, 0) is 6.54 Å². The first-order chi connectivity index (χ1) is 9.69. The molecule has 106 valence electrons. The molecule has 0 radical (unpaired) electrons. The van der Waals surface area contributed by atoms with Crippen LogP contribution < -0.4 is 10.1 Å². The summed E-state index contributed by atoms with van der Waals surface area (Å²) < 4.78 is 18.5. The maximum atomic E-state index is 13.1. The second-order valence-electron chi connectivity index (χ2n) is 4.73. The van der Waals surface area contributed by atoms with Crippen LogP contribution in [0.25, 0.3) is 0 Å². The first-order valence-electron chi connectivity index (χ1n) is 6.89. The third-order valence-electron chi connectivity index (χ3n) is 3.19. The quantitative estimate of drug-likeness (QED) is 0.856. The van der Waals surface area contributed by atoms with Crippen molar-refractivity contribution in [2.45, 2.75) is 26.4 Å². The molecule has 0 spiro atoms. The highest BCUT2D eigenvalue weighted by molar-refractivity contribution is 5.29. The molecule has 3 heteroatoms. The summed E-state index contributed by atoms with van der Waals surface area (Å²) in [6, 6.07) is 14.9. The van der Waals surface area contributed by atoms with Crippen molar-refractivity contribution < 1.29 is 9.13 Å². The maximum Gasteiger partial charge on any atom is 0.123 e. The molecule has 0 saturated carbocycles. The summed E-state index contributed by atoms with van der Waals surface area (Å²) in [4.78, 5) is 0. The van der Waals surface area contributed by atoms with Crippen molar-refractivity contribution in [3.8, 4) is 5.75 Å². The lowest BCUT2D eigenvalue weighted by Crippen LogP contribution is -2.18. The molecule has 0 heterocycles. The summed E-state index contributed by atoms with van der Waals surface area (Å²) in [6.07, 6.45) is 0. The molecule has 0 bridgehead atoms. The minimum Gasteiger partial charge on any atom is -0.494 e. The predicted molar refractivity (Wildman–Crippen MR) is 79.3 cm³/mol. The highest BCUT2D eigenvalue weighted by atomic mass is 19.1. The van der Waals surface area contributed by atoms with Gasteiger partial charge in [-0.05, 0) is 49.2 Å². The largest absolute Gasteiger partial charge is 0.494 e. The van der Waals surface area contributed by atoms with Crippen LogP contribution in [0.3, 0.4) is 0 Å². The lowest BCUT2D eigenvalue weighted by molar-refractivity contribution is 0.340. The van der Waals surface area contributed by atoms with E-state index in [1.807, 2.05) is 37.3 Å². The van der Waals surface area contributed by atoms with Crippen molar-refractivity contribution in [2.24, 2.45) is 0 Å². The number of benzene rings is 2. The van der Waals surface area contributed by atoms with Gasteiger partial charge in [0.1, 0.15) is 11.6 Å². The number of ether oxygens (including phenoxy) is 1. The fourth-order valence-corrected chi connectivity index (χ4v) is 2.06. The molecule has 0 fully saturated rings. The zero-order chi connectivity index (χ0) is 14.4. The van der Waals surface area contributed by atoms with Crippen molar-refractivity contribution >= 4 is 0 Å².